The second kappa shape index (κ2) is 5.96. The molecule has 2 nitrogen and oxygen atoms in total. The van der Waals surface area contributed by atoms with Crippen molar-refractivity contribution in [3.63, 3.8) is 0 Å². The molecule has 1 saturated carbocycles. The van der Waals surface area contributed by atoms with Crippen molar-refractivity contribution in [3.8, 4) is 0 Å². The lowest BCUT2D eigenvalue weighted by atomic mass is 9.79. The lowest BCUT2D eigenvalue weighted by Crippen LogP contribution is -2.29. The molecule has 21 heavy (non-hydrogen) atoms. The summed E-state index contributed by atoms with van der Waals surface area (Å²) < 4.78 is 13.6. The third kappa shape index (κ3) is 2.99. The Morgan fingerprint density at radius 1 is 1.14 bits per heavy atom. The lowest BCUT2D eigenvalue weighted by Gasteiger charge is -2.27. The molecule has 0 heterocycles. The van der Waals surface area contributed by atoms with E-state index in [1.807, 2.05) is 19.1 Å². The summed E-state index contributed by atoms with van der Waals surface area (Å²) in [6.07, 6.45) is 3.85. The van der Waals surface area contributed by atoms with Gasteiger partial charge in [-0.25, -0.2) is 9.82 Å². The van der Waals surface area contributed by atoms with Crippen LogP contribution >= 0.6 is 0 Å². The molecule has 1 fully saturated rings. The molecule has 2 aromatic carbocycles. The minimum absolute atomic E-state index is 0.181. The summed E-state index contributed by atoms with van der Waals surface area (Å²) in [5, 5.41) is 0. The minimum Gasteiger partial charge on any atom is -0.271 e. The van der Waals surface area contributed by atoms with Crippen LogP contribution in [-0.2, 0) is 0 Å². The monoisotopic (exact) mass is 284 g/mol. The van der Waals surface area contributed by atoms with Gasteiger partial charge in [0.15, 0.2) is 0 Å². The number of aryl methyl sites for hydroxylation is 1. The van der Waals surface area contributed by atoms with Crippen LogP contribution in [0.15, 0.2) is 42.5 Å². The van der Waals surface area contributed by atoms with Gasteiger partial charge in [0.1, 0.15) is 5.82 Å². The molecule has 0 aliphatic heterocycles. The first-order valence-electron chi connectivity index (χ1n) is 7.50. The summed E-state index contributed by atoms with van der Waals surface area (Å²) in [5.41, 5.74) is 7.05. The number of rotatable bonds is 4. The number of hydrazine groups is 1. The van der Waals surface area contributed by atoms with Crippen LogP contribution in [0, 0.1) is 12.7 Å². The fraction of sp³-hybridized carbons (Fsp3) is 0.333. The number of nitrogens with two attached hydrogens (primary N) is 1. The average Bonchev–Trinajstić information content (AvgIpc) is 2.37. The van der Waals surface area contributed by atoms with E-state index in [0.29, 0.717) is 5.92 Å². The van der Waals surface area contributed by atoms with Crippen molar-refractivity contribution < 1.29 is 4.39 Å². The Morgan fingerprint density at radius 3 is 2.57 bits per heavy atom. The third-order valence-electron chi connectivity index (χ3n) is 4.39. The van der Waals surface area contributed by atoms with Crippen LogP contribution in [0.1, 0.15) is 53.5 Å². The molecule has 0 aromatic heterocycles. The normalized spacial score (nSPS) is 16.5. The molecule has 0 radical (unpaired) electrons. The molecule has 3 rings (SSSR count). The smallest absolute Gasteiger partial charge is 0.123 e. The Morgan fingerprint density at radius 2 is 1.95 bits per heavy atom. The minimum atomic E-state index is -0.222. The topological polar surface area (TPSA) is 38.0 Å². The fourth-order valence-electron chi connectivity index (χ4n) is 3.05. The molecular formula is C18H21FN2. The molecule has 1 atom stereocenters. The Kier molecular flexibility index (Phi) is 4.04. The van der Waals surface area contributed by atoms with Crippen molar-refractivity contribution in [2.45, 2.75) is 38.1 Å². The van der Waals surface area contributed by atoms with Gasteiger partial charge in [0.25, 0.3) is 0 Å². The highest BCUT2D eigenvalue weighted by Crippen LogP contribution is 2.37. The highest BCUT2D eigenvalue weighted by Gasteiger charge is 2.21. The molecule has 1 aliphatic carbocycles. The molecule has 3 heteroatoms. The fourth-order valence-corrected chi connectivity index (χ4v) is 3.05. The van der Waals surface area contributed by atoms with Gasteiger partial charge in [-0.05, 0) is 60.1 Å². The molecule has 3 N–H and O–H groups in total. The molecular weight excluding hydrogens is 263 g/mol. The van der Waals surface area contributed by atoms with E-state index >= 15 is 0 Å². The van der Waals surface area contributed by atoms with Gasteiger partial charge in [-0.2, -0.15) is 0 Å². The van der Waals surface area contributed by atoms with E-state index in [0.717, 1.165) is 16.7 Å². The number of hydrogen-bond acceptors (Lipinski definition) is 2. The van der Waals surface area contributed by atoms with E-state index in [2.05, 4.69) is 23.6 Å². The SMILES string of the molecule is Cc1cc(F)cc(C(NN)c2cccc(C3CCC3)c2)c1. The first-order valence-corrected chi connectivity index (χ1v) is 7.50. The highest BCUT2D eigenvalue weighted by molar-refractivity contribution is 5.37. The quantitative estimate of drug-likeness (QED) is 0.659. The molecule has 110 valence electrons. The second-order valence-electron chi connectivity index (χ2n) is 5.96. The van der Waals surface area contributed by atoms with Crippen molar-refractivity contribution in [3.05, 3.63) is 70.5 Å². The first kappa shape index (κ1) is 14.2. The Hall–Kier alpha value is -1.71. The van der Waals surface area contributed by atoms with E-state index in [9.17, 15) is 4.39 Å². The number of halogens is 1. The molecule has 0 amide bonds. The summed E-state index contributed by atoms with van der Waals surface area (Å²) in [6.45, 7) is 1.89. The molecule has 0 bridgehead atoms. The molecule has 1 aliphatic rings. The van der Waals surface area contributed by atoms with Crippen LogP contribution in [0.5, 0.6) is 0 Å². The van der Waals surface area contributed by atoms with Gasteiger partial charge in [-0.3, -0.25) is 5.84 Å². The summed E-state index contributed by atoms with van der Waals surface area (Å²) in [7, 11) is 0. The van der Waals surface area contributed by atoms with Crippen LogP contribution in [0.2, 0.25) is 0 Å². The van der Waals surface area contributed by atoms with E-state index in [-0.39, 0.29) is 11.9 Å². The van der Waals surface area contributed by atoms with Crippen LogP contribution in [0.25, 0.3) is 0 Å². The van der Waals surface area contributed by atoms with E-state index < -0.39 is 0 Å². The number of benzene rings is 2. The maximum Gasteiger partial charge on any atom is 0.123 e. The maximum absolute atomic E-state index is 13.6. The molecule has 1 unspecified atom stereocenters. The Labute approximate surface area is 125 Å². The standard InChI is InChI=1S/C18H21FN2/c1-12-8-16(11-17(19)9-12)18(21-20)15-7-3-6-14(10-15)13-4-2-5-13/h3,6-11,13,18,21H,2,4-5,20H2,1H3. The number of nitrogens with one attached hydrogen (secondary N) is 1. The van der Waals surface area contributed by atoms with Gasteiger partial charge < -0.3 is 0 Å². The predicted molar refractivity (Wildman–Crippen MR) is 83.3 cm³/mol. The van der Waals surface area contributed by atoms with Crippen molar-refractivity contribution >= 4 is 0 Å². The van der Waals surface area contributed by atoms with Crippen LogP contribution in [0.3, 0.4) is 0 Å². The van der Waals surface area contributed by atoms with Gasteiger partial charge in [0.05, 0.1) is 6.04 Å². The van der Waals surface area contributed by atoms with Crippen molar-refractivity contribution in [2.24, 2.45) is 5.84 Å². The predicted octanol–water partition coefficient (Wildman–Crippen LogP) is 3.95. The third-order valence-corrected chi connectivity index (χ3v) is 4.39. The first-order chi connectivity index (χ1) is 10.2. The van der Waals surface area contributed by atoms with E-state index in [1.165, 1.54) is 30.9 Å². The summed E-state index contributed by atoms with van der Waals surface area (Å²) >= 11 is 0. The van der Waals surface area contributed by atoms with Crippen LogP contribution < -0.4 is 11.3 Å². The zero-order valence-corrected chi connectivity index (χ0v) is 12.3. The maximum atomic E-state index is 13.6. The molecule has 0 saturated heterocycles. The lowest BCUT2D eigenvalue weighted by molar-refractivity contribution is 0.419. The van der Waals surface area contributed by atoms with Gasteiger partial charge in [0.2, 0.25) is 0 Å². The van der Waals surface area contributed by atoms with Crippen LogP contribution in [0.4, 0.5) is 4.39 Å². The summed E-state index contributed by atoms with van der Waals surface area (Å²) in [6, 6.07) is 13.4. The van der Waals surface area contributed by atoms with Crippen molar-refractivity contribution in [1.82, 2.24) is 5.43 Å². The van der Waals surface area contributed by atoms with E-state index in [1.54, 1.807) is 6.07 Å². The van der Waals surface area contributed by atoms with Crippen molar-refractivity contribution in [1.29, 1.82) is 0 Å². The summed E-state index contributed by atoms with van der Waals surface area (Å²) in [5.74, 6) is 6.19. The number of hydrogen-bond donors (Lipinski definition) is 2. The Bertz CT molecular complexity index is 615. The van der Waals surface area contributed by atoms with Gasteiger partial charge in [-0.1, -0.05) is 36.8 Å². The van der Waals surface area contributed by atoms with Crippen LogP contribution in [-0.4, -0.2) is 0 Å². The summed E-state index contributed by atoms with van der Waals surface area (Å²) in [4.78, 5) is 0. The van der Waals surface area contributed by atoms with E-state index in [4.69, 9.17) is 5.84 Å². The Balaban J connectivity index is 1.95. The van der Waals surface area contributed by atoms with Gasteiger partial charge >= 0.3 is 0 Å². The zero-order chi connectivity index (χ0) is 14.8. The van der Waals surface area contributed by atoms with Gasteiger partial charge in [-0.15, -0.1) is 0 Å². The molecule has 0 spiro atoms. The largest absolute Gasteiger partial charge is 0.271 e. The van der Waals surface area contributed by atoms with Gasteiger partial charge in [0, 0.05) is 0 Å². The van der Waals surface area contributed by atoms with Crippen molar-refractivity contribution in [2.75, 3.05) is 0 Å². The zero-order valence-electron chi connectivity index (χ0n) is 12.3. The molecule has 2 aromatic rings. The average molecular weight is 284 g/mol. The second-order valence-corrected chi connectivity index (χ2v) is 5.96. The highest BCUT2D eigenvalue weighted by atomic mass is 19.1.